The number of carbonyl (C=O) groups excluding carboxylic acids is 1. The minimum Gasteiger partial charge on any atom is -0.293 e. The minimum absolute atomic E-state index is 0.0261. The maximum Gasteiger partial charge on any atom is 0.333 e. The third-order valence-corrected chi connectivity index (χ3v) is 3.32. The van der Waals surface area contributed by atoms with E-state index < -0.39 is 0 Å². The first kappa shape index (κ1) is 11.0. The number of carbonyl (C=O) groups is 1. The Labute approximate surface area is 106 Å². The molecule has 0 saturated carbocycles. The number of benzene rings is 1. The van der Waals surface area contributed by atoms with Gasteiger partial charge in [-0.15, -0.1) is 0 Å². The van der Waals surface area contributed by atoms with Crippen molar-refractivity contribution in [1.29, 1.82) is 0 Å². The summed E-state index contributed by atoms with van der Waals surface area (Å²) in [5.41, 5.74) is 2.29. The molecule has 1 amide bonds. The molecule has 0 aliphatic carbocycles. The van der Waals surface area contributed by atoms with Crippen molar-refractivity contribution in [3.8, 4) is 0 Å². The molecule has 0 fully saturated rings. The maximum atomic E-state index is 12.4. The van der Waals surface area contributed by atoms with Crippen molar-refractivity contribution >= 4 is 11.7 Å². The summed E-state index contributed by atoms with van der Waals surface area (Å²) in [4.78, 5) is 18.2. The summed E-state index contributed by atoms with van der Waals surface area (Å²) < 4.78 is 1.53. The number of hydrogen-bond donors (Lipinski definition) is 0. The Morgan fingerprint density at radius 3 is 2.94 bits per heavy atom. The van der Waals surface area contributed by atoms with Gasteiger partial charge in [0.1, 0.15) is 6.33 Å². The van der Waals surface area contributed by atoms with E-state index in [2.05, 4.69) is 11.1 Å². The van der Waals surface area contributed by atoms with Crippen molar-refractivity contribution in [3.05, 3.63) is 48.5 Å². The highest BCUT2D eigenvalue weighted by atomic mass is 16.2. The molecular weight excluding hydrogens is 226 g/mol. The van der Waals surface area contributed by atoms with Crippen LogP contribution >= 0.6 is 0 Å². The van der Waals surface area contributed by atoms with Crippen molar-refractivity contribution in [2.24, 2.45) is 0 Å². The fraction of sp³-hybridized carbons (Fsp3) is 0.286. The summed E-state index contributed by atoms with van der Waals surface area (Å²) in [6.07, 6.45) is 8.08. The summed E-state index contributed by atoms with van der Waals surface area (Å²) in [6.45, 7) is 0.772. The number of rotatable bonds is 0. The summed E-state index contributed by atoms with van der Waals surface area (Å²) in [5.74, 6) is 0. The number of aryl methyl sites for hydroxylation is 1. The largest absolute Gasteiger partial charge is 0.333 e. The van der Waals surface area contributed by atoms with E-state index in [9.17, 15) is 4.79 Å². The molecule has 1 aliphatic heterocycles. The van der Waals surface area contributed by atoms with E-state index in [1.54, 1.807) is 18.7 Å². The van der Waals surface area contributed by atoms with Crippen LogP contribution in [0.15, 0.2) is 43.0 Å². The molecule has 92 valence electrons. The van der Waals surface area contributed by atoms with Crippen molar-refractivity contribution in [2.75, 3.05) is 11.4 Å². The molecule has 0 unspecified atom stereocenters. The lowest BCUT2D eigenvalue weighted by Gasteiger charge is -2.22. The zero-order chi connectivity index (χ0) is 12.4. The van der Waals surface area contributed by atoms with Gasteiger partial charge in [0, 0.05) is 24.6 Å². The van der Waals surface area contributed by atoms with Crippen LogP contribution in [0.1, 0.15) is 18.4 Å². The van der Waals surface area contributed by atoms with E-state index in [-0.39, 0.29) is 6.03 Å². The molecule has 1 aliphatic rings. The molecule has 0 N–H and O–H groups in total. The second kappa shape index (κ2) is 4.64. The predicted molar refractivity (Wildman–Crippen MR) is 69.7 cm³/mol. The van der Waals surface area contributed by atoms with Gasteiger partial charge in [0.25, 0.3) is 0 Å². The monoisotopic (exact) mass is 241 g/mol. The number of fused-ring (bicyclic) bond motifs is 1. The standard InChI is InChI=1S/C14H15N3O/c18-14(16-10-8-15-11-16)17-9-4-3-6-12-5-1-2-7-13(12)17/h1-2,5,7-8,10-11H,3-4,6,9H2. The number of aromatic nitrogens is 2. The van der Waals surface area contributed by atoms with Gasteiger partial charge in [-0.2, -0.15) is 0 Å². The molecule has 2 aromatic rings. The molecule has 2 heterocycles. The van der Waals surface area contributed by atoms with Crippen molar-refractivity contribution in [1.82, 2.24) is 9.55 Å². The van der Waals surface area contributed by atoms with Crippen LogP contribution in [0.5, 0.6) is 0 Å². The summed E-state index contributed by atoms with van der Waals surface area (Å²) in [5, 5.41) is 0. The maximum absolute atomic E-state index is 12.4. The highest BCUT2D eigenvalue weighted by Gasteiger charge is 2.21. The van der Waals surface area contributed by atoms with Gasteiger partial charge in [0.15, 0.2) is 0 Å². The van der Waals surface area contributed by atoms with Crippen LogP contribution in [-0.4, -0.2) is 22.1 Å². The summed E-state index contributed by atoms with van der Waals surface area (Å²) in [6, 6.07) is 8.12. The van der Waals surface area contributed by atoms with Gasteiger partial charge in [0.05, 0.1) is 0 Å². The van der Waals surface area contributed by atoms with Gasteiger partial charge < -0.3 is 0 Å². The molecular formula is C14H15N3O. The molecule has 18 heavy (non-hydrogen) atoms. The quantitative estimate of drug-likeness (QED) is 0.711. The first-order chi connectivity index (χ1) is 8.86. The van der Waals surface area contributed by atoms with Crippen LogP contribution in [0, 0.1) is 0 Å². The smallest absolute Gasteiger partial charge is 0.293 e. The highest BCUT2D eigenvalue weighted by Crippen LogP contribution is 2.26. The van der Waals surface area contributed by atoms with Gasteiger partial charge >= 0.3 is 6.03 Å². The van der Waals surface area contributed by atoms with E-state index in [0.717, 1.165) is 31.5 Å². The molecule has 4 nitrogen and oxygen atoms in total. The van der Waals surface area contributed by atoms with Gasteiger partial charge in [-0.25, -0.2) is 9.78 Å². The Balaban J connectivity index is 1.99. The summed E-state index contributed by atoms with van der Waals surface area (Å²) >= 11 is 0. The van der Waals surface area contributed by atoms with Crippen molar-refractivity contribution < 1.29 is 4.79 Å². The topological polar surface area (TPSA) is 38.1 Å². The van der Waals surface area contributed by atoms with E-state index in [1.165, 1.54) is 10.1 Å². The van der Waals surface area contributed by atoms with E-state index in [1.807, 2.05) is 23.1 Å². The highest BCUT2D eigenvalue weighted by molar-refractivity contribution is 5.94. The molecule has 1 aromatic carbocycles. The molecule has 0 spiro atoms. The second-order valence-corrected chi connectivity index (χ2v) is 4.49. The minimum atomic E-state index is -0.0261. The van der Waals surface area contributed by atoms with Crippen molar-refractivity contribution in [3.63, 3.8) is 0 Å². The van der Waals surface area contributed by atoms with Crippen LogP contribution < -0.4 is 4.90 Å². The molecule has 3 rings (SSSR count). The molecule has 0 bridgehead atoms. The SMILES string of the molecule is O=C(N1CCCCc2ccccc21)n1ccnc1. The van der Waals surface area contributed by atoms with Crippen LogP contribution in [0.2, 0.25) is 0 Å². The predicted octanol–water partition coefficient (Wildman–Crippen LogP) is 2.69. The fourth-order valence-corrected chi connectivity index (χ4v) is 2.40. The Hall–Kier alpha value is -2.10. The lowest BCUT2D eigenvalue weighted by molar-refractivity contribution is 0.247. The molecule has 0 atom stereocenters. The Morgan fingerprint density at radius 1 is 1.22 bits per heavy atom. The second-order valence-electron chi connectivity index (χ2n) is 4.49. The third-order valence-electron chi connectivity index (χ3n) is 3.32. The van der Waals surface area contributed by atoms with Crippen LogP contribution in [0.4, 0.5) is 10.5 Å². The number of nitrogens with zero attached hydrogens (tertiary/aromatic N) is 3. The zero-order valence-corrected chi connectivity index (χ0v) is 10.1. The third kappa shape index (κ3) is 1.90. The van der Waals surface area contributed by atoms with Crippen LogP contribution in [0.25, 0.3) is 0 Å². The molecule has 1 aromatic heterocycles. The average molecular weight is 241 g/mol. The zero-order valence-electron chi connectivity index (χ0n) is 10.1. The van der Waals surface area contributed by atoms with Crippen LogP contribution in [0.3, 0.4) is 0 Å². The number of hydrogen-bond acceptors (Lipinski definition) is 2. The number of anilines is 1. The Kier molecular flexibility index (Phi) is 2.84. The van der Waals surface area contributed by atoms with E-state index in [0.29, 0.717) is 0 Å². The summed E-state index contributed by atoms with van der Waals surface area (Å²) in [7, 11) is 0. The van der Waals surface area contributed by atoms with Crippen molar-refractivity contribution in [2.45, 2.75) is 19.3 Å². The first-order valence-electron chi connectivity index (χ1n) is 6.24. The number of amides is 1. The molecule has 0 radical (unpaired) electrons. The molecule has 4 heteroatoms. The van der Waals surface area contributed by atoms with Gasteiger partial charge in [0.2, 0.25) is 0 Å². The average Bonchev–Trinajstić information content (AvgIpc) is 2.85. The fourth-order valence-electron chi connectivity index (χ4n) is 2.40. The van der Waals surface area contributed by atoms with Gasteiger partial charge in [-0.1, -0.05) is 18.2 Å². The van der Waals surface area contributed by atoms with Crippen LogP contribution in [-0.2, 0) is 6.42 Å². The Bertz CT molecular complexity index is 548. The number of para-hydroxylation sites is 1. The van der Waals surface area contributed by atoms with E-state index >= 15 is 0 Å². The normalized spacial score (nSPS) is 15.0. The van der Waals surface area contributed by atoms with Gasteiger partial charge in [-0.05, 0) is 30.9 Å². The lowest BCUT2D eigenvalue weighted by Crippen LogP contribution is -2.34. The molecule has 0 saturated heterocycles. The number of imidazole rings is 1. The first-order valence-corrected chi connectivity index (χ1v) is 6.24. The Morgan fingerprint density at radius 2 is 2.11 bits per heavy atom. The lowest BCUT2D eigenvalue weighted by atomic mass is 10.1. The van der Waals surface area contributed by atoms with E-state index in [4.69, 9.17) is 0 Å². The van der Waals surface area contributed by atoms with Gasteiger partial charge in [-0.3, -0.25) is 9.47 Å².